The van der Waals surface area contributed by atoms with Gasteiger partial charge in [0.15, 0.2) is 0 Å². The van der Waals surface area contributed by atoms with Crippen LogP contribution in [0.15, 0.2) is 0 Å². The van der Waals surface area contributed by atoms with E-state index in [1.807, 2.05) is 0 Å². The van der Waals surface area contributed by atoms with E-state index in [0.29, 0.717) is 0 Å². The van der Waals surface area contributed by atoms with Crippen molar-refractivity contribution in [2.75, 3.05) is 6.61 Å². The predicted octanol–water partition coefficient (Wildman–Crippen LogP) is -9.20. The summed E-state index contributed by atoms with van der Waals surface area (Å²) in [6.45, 7) is -1.17. The van der Waals surface area contributed by atoms with Crippen molar-refractivity contribution in [2.24, 2.45) is 0 Å². The molecule has 6 nitrogen and oxygen atoms in total. The Balaban J connectivity index is -0.000000320. The molecule has 0 saturated carbocycles. The average Bonchev–Trinajstić information content (AvgIpc) is 1.59. The van der Waals surface area contributed by atoms with Gasteiger partial charge in [0.1, 0.15) is 0 Å². The summed E-state index contributed by atoms with van der Waals surface area (Å²) in [4.78, 5) is 9.43. The molecular formula is C2H2Na2O6W. The van der Waals surface area contributed by atoms with Gasteiger partial charge < -0.3 is 0 Å². The van der Waals surface area contributed by atoms with Gasteiger partial charge in [0.25, 0.3) is 0 Å². The Morgan fingerprint density at radius 1 is 1.36 bits per heavy atom. The first-order valence-corrected chi connectivity index (χ1v) is 6.51. The molecule has 0 fully saturated rings. The predicted molar refractivity (Wildman–Crippen MR) is 12.3 cm³/mol. The van der Waals surface area contributed by atoms with Crippen LogP contribution >= 0.6 is 0 Å². The molecule has 0 aromatic rings. The minimum absolute atomic E-state index is 0. The third kappa shape index (κ3) is 18.6. The van der Waals surface area contributed by atoms with Gasteiger partial charge in [-0.15, -0.1) is 0 Å². The molecule has 0 radical (unpaired) electrons. The number of hydrogen-bond donors (Lipinski definition) is 0. The summed E-state index contributed by atoms with van der Waals surface area (Å²) >= 11 is -6.02. The summed E-state index contributed by atoms with van der Waals surface area (Å²) in [6.07, 6.45) is 0. The van der Waals surface area contributed by atoms with E-state index in [-0.39, 0.29) is 59.1 Å². The van der Waals surface area contributed by atoms with Crippen molar-refractivity contribution in [3.05, 3.63) is 0 Å². The van der Waals surface area contributed by atoms with E-state index in [2.05, 4.69) is 3.39 Å². The van der Waals surface area contributed by atoms with Gasteiger partial charge >= 0.3 is 112 Å². The van der Waals surface area contributed by atoms with E-state index in [1.54, 1.807) is 0 Å². The molecule has 0 unspecified atom stereocenters. The second kappa shape index (κ2) is 8.28. The van der Waals surface area contributed by atoms with E-state index in [4.69, 9.17) is 0 Å². The van der Waals surface area contributed by atoms with Crippen molar-refractivity contribution in [1.82, 2.24) is 0 Å². The normalized spacial score (nSPS) is 9.18. The second-order valence-corrected chi connectivity index (χ2v) is 4.82. The molecule has 0 aliphatic carbocycles. The zero-order valence-electron chi connectivity index (χ0n) is 6.06. The number of carboxylic acid groups (broad SMARTS) is 1. The fourth-order valence-corrected chi connectivity index (χ4v) is 0.985. The Morgan fingerprint density at radius 2 is 1.73 bits per heavy atom. The van der Waals surface area contributed by atoms with Crippen LogP contribution in [0.25, 0.3) is 0 Å². The molecule has 0 heterocycles. The summed E-state index contributed by atoms with van der Waals surface area (Å²) < 4.78 is 32.1. The molecule has 54 valence electrons. The van der Waals surface area contributed by atoms with Crippen molar-refractivity contribution < 1.29 is 99.7 Å². The number of carbonyl (C=O) groups excluding carboxylic acids is 1. The van der Waals surface area contributed by atoms with Crippen LogP contribution in [-0.2, 0) is 31.7 Å². The Labute approximate surface area is 111 Å². The largest absolute Gasteiger partial charge is 1.00 e. The van der Waals surface area contributed by atoms with Crippen molar-refractivity contribution in [1.29, 1.82) is 0 Å². The summed E-state index contributed by atoms with van der Waals surface area (Å²) in [7, 11) is 0. The quantitative estimate of drug-likeness (QED) is 0.467. The van der Waals surface area contributed by atoms with Crippen LogP contribution in [0.3, 0.4) is 0 Å². The van der Waals surface area contributed by atoms with Crippen LogP contribution in [0, 0.1) is 0 Å². The third-order valence-electron chi connectivity index (χ3n) is 0.321. The van der Waals surface area contributed by atoms with Crippen LogP contribution in [0.1, 0.15) is 0 Å². The summed E-state index contributed by atoms with van der Waals surface area (Å²) in [5.74, 6) is -1.72. The topological polar surface area (TPSA) is 107 Å². The third-order valence-corrected chi connectivity index (χ3v) is 1.78. The fraction of sp³-hybridized carbons (Fsp3) is 0.500. The van der Waals surface area contributed by atoms with E-state index in [0.717, 1.165) is 0 Å². The minimum atomic E-state index is -6.02. The van der Waals surface area contributed by atoms with Gasteiger partial charge in [-0.05, 0) is 0 Å². The monoisotopic (exact) mass is 352 g/mol. The number of carbonyl (C=O) groups is 1. The van der Waals surface area contributed by atoms with Crippen molar-refractivity contribution in [2.45, 2.75) is 0 Å². The van der Waals surface area contributed by atoms with Crippen LogP contribution in [-0.4, -0.2) is 12.6 Å². The van der Waals surface area contributed by atoms with Crippen molar-refractivity contribution in [3.8, 4) is 0 Å². The molecular weight excluding hydrogens is 350 g/mol. The van der Waals surface area contributed by atoms with Gasteiger partial charge in [-0.1, -0.05) is 0 Å². The first-order chi connectivity index (χ1) is 3.92. The van der Waals surface area contributed by atoms with Gasteiger partial charge in [0.2, 0.25) is 0 Å². The molecule has 0 aliphatic rings. The van der Waals surface area contributed by atoms with Crippen LogP contribution in [0.5, 0.6) is 0 Å². The molecule has 0 aliphatic heterocycles. The summed E-state index contributed by atoms with van der Waals surface area (Å²) in [5.41, 5.74) is 0. The SMILES string of the molecule is O=C([O-])C[O][W](=[O])(=[O])[O-].[Na+].[Na+]. The van der Waals surface area contributed by atoms with E-state index in [1.165, 1.54) is 0 Å². The summed E-state index contributed by atoms with van der Waals surface area (Å²) in [5, 5.41) is 9.43. The zero-order chi connectivity index (χ0) is 7.49. The Hall–Kier alpha value is 1.68. The Kier molecular flexibility index (Phi) is 13.9. The molecule has 0 aromatic heterocycles. The van der Waals surface area contributed by atoms with Crippen molar-refractivity contribution >= 4 is 5.97 Å². The molecule has 0 bridgehead atoms. The van der Waals surface area contributed by atoms with Crippen LogP contribution < -0.4 is 68.0 Å². The maximum atomic E-state index is 9.59. The van der Waals surface area contributed by atoms with Gasteiger partial charge in [-0.3, -0.25) is 0 Å². The molecule has 0 rings (SSSR count). The van der Waals surface area contributed by atoms with E-state index < -0.39 is 29.3 Å². The average molecular weight is 352 g/mol. The fourth-order valence-electron chi connectivity index (χ4n) is 0.120. The second-order valence-electron chi connectivity index (χ2n) is 1.04. The Bertz CT molecular complexity index is 197. The number of carboxylic acids is 1. The molecule has 11 heavy (non-hydrogen) atoms. The first-order valence-electron chi connectivity index (χ1n) is 1.72. The molecule has 0 N–H and O–H groups in total. The van der Waals surface area contributed by atoms with E-state index >= 15 is 0 Å². The van der Waals surface area contributed by atoms with Crippen molar-refractivity contribution in [3.63, 3.8) is 0 Å². The van der Waals surface area contributed by atoms with Crippen LogP contribution in [0.2, 0.25) is 0 Å². The maximum Gasteiger partial charge on any atom is 1.00 e. The van der Waals surface area contributed by atoms with Crippen LogP contribution in [0.4, 0.5) is 0 Å². The molecule has 9 heteroatoms. The number of rotatable bonds is 3. The minimum Gasteiger partial charge on any atom is 1.00 e. The molecule has 0 saturated heterocycles. The molecule has 0 spiro atoms. The maximum absolute atomic E-state index is 9.59. The summed E-state index contributed by atoms with van der Waals surface area (Å²) in [6, 6.07) is 0. The van der Waals surface area contributed by atoms with E-state index in [9.17, 15) is 20.5 Å². The van der Waals surface area contributed by atoms with Gasteiger partial charge in [-0.2, -0.15) is 0 Å². The van der Waals surface area contributed by atoms with Gasteiger partial charge in [-0.25, -0.2) is 0 Å². The Morgan fingerprint density at radius 3 is 1.82 bits per heavy atom. The van der Waals surface area contributed by atoms with Gasteiger partial charge in [0, 0.05) is 0 Å². The number of hydrogen-bond acceptors (Lipinski definition) is 6. The smallest absolute Gasteiger partial charge is 1.00 e. The zero-order valence-corrected chi connectivity index (χ0v) is 13.0. The molecule has 0 amide bonds. The molecule has 0 atom stereocenters. The number of aliphatic carboxylic acids is 1. The standard InChI is InChI=1S/C2H3O3.2Na.3O.W/c3-1-2(4)5;;;;;;/h1H2,(H,4,5);;;;;;/q-1;2*+1;;;-1;+1/p-1. The molecule has 0 aromatic carbocycles. The first kappa shape index (κ1) is 18.5. The van der Waals surface area contributed by atoms with Gasteiger partial charge in [0.05, 0.1) is 0 Å².